The van der Waals surface area contributed by atoms with E-state index in [1.54, 1.807) is 13.8 Å². The quantitative estimate of drug-likeness (QED) is 0.885. The number of hydrogen-bond donors (Lipinski definition) is 2. The van der Waals surface area contributed by atoms with Gasteiger partial charge in [-0.2, -0.15) is 13.9 Å². The highest BCUT2D eigenvalue weighted by molar-refractivity contribution is 5.85. The van der Waals surface area contributed by atoms with Crippen molar-refractivity contribution in [3.63, 3.8) is 0 Å². The molecule has 0 atom stereocenters. The van der Waals surface area contributed by atoms with Crippen molar-refractivity contribution in [1.82, 2.24) is 15.1 Å². The third kappa shape index (κ3) is 4.39. The number of nitrogens with two attached hydrogens (primary N) is 1. The van der Waals surface area contributed by atoms with Gasteiger partial charge in [-0.05, 0) is 39.5 Å². The summed E-state index contributed by atoms with van der Waals surface area (Å²) in [5.74, 6) is -0.143. The van der Waals surface area contributed by atoms with Gasteiger partial charge in [-0.15, -0.1) is 12.4 Å². The zero-order valence-electron chi connectivity index (χ0n) is 12.8. The van der Waals surface area contributed by atoms with E-state index in [0.717, 1.165) is 25.7 Å². The van der Waals surface area contributed by atoms with Crippen LogP contribution in [0.25, 0.3) is 0 Å². The normalized spacial score (nSPS) is 21.5. The first kappa shape index (κ1) is 18.8. The van der Waals surface area contributed by atoms with Crippen molar-refractivity contribution in [3.05, 3.63) is 17.0 Å². The molecule has 0 bridgehead atoms. The molecular weight excluding hydrogens is 314 g/mol. The summed E-state index contributed by atoms with van der Waals surface area (Å²) in [6, 6.07) is 0.370. The Bertz CT molecular complexity index is 513. The van der Waals surface area contributed by atoms with Crippen LogP contribution < -0.4 is 11.1 Å². The molecule has 1 aliphatic rings. The van der Waals surface area contributed by atoms with Gasteiger partial charge in [0.25, 0.3) is 0 Å². The number of hydrogen-bond acceptors (Lipinski definition) is 3. The Morgan fingerprint density at radius 1 is 1.36 bits per heavy atom. The Hall–Kier alpha value is -1.21. The molecule has 0 aromatic carbocycles. The first-order chi connectivity index (χ1) is 9.88. The molecule has 1 aliphatic carbocycles. The molecule has 2 rings (SSSR count). The largest absolute Gasteiger partial charge is 0.353 e. The first-order valence-electron chi connectivity index (χ1n) is 7.26. The predicted octanol–water partition coefficient (Wildman–Crippen LogP) is 2.25. The van der Waals surface area contributed by atoms with Crippen molar-refractivity contribution in [2.75, 3.05) is 0 Å². The molecule has 0 radical (unpaired) electrons. The van der Waals surface area contributed by atoms with E-state index in [-0.39, 0.29) is 36.8 Å². The fourth-order valence-electron chi connectivity index (χ4n) is 2.85. The number of nitrogens with one attached hydrogen (secondary N) is 1. The third-order valence-electron chi connectivity index (χ3n) is 4.13. The van der Waals surface area contributed by atoms with Crippen molar-refractivity contribution >= 4 is 18.3 Å². The summed E-state index contributed by atoms with van der Waals surface area (Å²) in [5, 5.41) is 6.75. The number of aryl methyl sites for hydroxylation is 1. The van der Waals surface area contributed by atoms with E-state index in [4.69, 9.17) is 5.73 Å². The average Bonchev–Trinajstić information content (AvgIpc) is 2.69. The average molecular weight is 337 g/mol. The lowest BCUT2D eigenvalue weighted by atomic mass is 9.91. The van der Waals surface area contributed by atoms with Gasteiger partial charge >= 0.3 is 6.55 Å². The summed E-state index contributed by atoms with van der Waals surface area (Å²) in [7, 11) is 0. The van der Waals surface area contributed by atoms with Crippen LogP contribution in [0.2, 0.25) is 0 Å². The van der Waals surface area contributed by atoms with E-state index in [9.17, 15) is 13.6 Å². The molecule has 1 amide bonds. The molecule has 1 fully saturated rings. The lowest BCUT2D eigenvalue weighted by Crippen LogP contribution is -2.41. The van der Waals surface area contributed by atoms with Gasteiger partial charge in [0.05, 0.1) is 12.1 Å². The van der Waals surface area contributed by atoms with Crippen molar-refractivity contribution in [2.24, 2.45) is 5.73 Å². The van der Waals surface area contributed by atoms with Crippen LogP contribution in [-0.2, 0) is 11.2 Å². The van der Waals surface area contributed by atoms with Gasteiger partial charge in [-0.25, -0.2) is 4.68 Å². The minimum absolute atomic E-state index is 0. The first-order valence-corrected chi connectivity index (χ1v) is 7.26. The number of amides is 1. The number of rotatable bonds is 4. The summed E-state index contributed by atoms with van der Waals surface area (Å²) < 4.78 is 26.2. The fourth-order valence-corrected chi connectivity index (χ4v) is 2.85. The van der Waals surface area contributed by atoms with E-state index in [0.29, 0.717) is 21.6 Å². The summed E-state index contributed by atoms with van der Waals surface area (Å²) >= 11 is 0. The Morgan fingerprint density at radius 2 is 1.95 bits per heavy atom. The van der Waals surface area contributed by atoms with Crippen LogP contribution in [0.1, 0.15) is 49.2 Å². The number of nitrogens with zero attached hydrogens (tertiary/aromatic N) is 2. The highest BCUT2D eigenvalue weighted by Crippen LogP contribution is 2.20. The topological polar surface area (TPSA) is 72.9 Å². The molecule has 126 valence electrons. The van der Waals surface area contributed by atoms with Crippen LogP contribution in [0.5, 0.6) is 0 Å². The third-order valence-corrected chi connectivity index (χ3v) is 4.13. The molecule has 0 saturated heterocycles. The summed E-state index contributed by atoms with van der Waals surface area (Å²) in [6.07, 6.45) is 3.66. The van der Waals surface area contributed by atoms with E-state index >= 15 is 0 Å². The van der Waals surface area contributed by atoms with E-state index in [2.05, 4.69) is 10.4 Å². The van der Waals surface area contributed by atoms with Gasteiger partial charge in [0.15, 0.2) is 0 Å². The van der Waals surface area contributed by atoms with Crippen LogP contribution in [0.3, 0.4) is 0 Å². The minimum Gasteiger partial charge on any atom is -0.353 e. The molecule has 1 heterocycles. The molecule has 0 aliphatic heterocycles. The zero-order valence-corrected chi connectivity index (χ0v) is 13.6. The standard InChI is InChI=1S/C14H22F2N4O.ClH/c1-8-12(9(2)20(19-8)14(15)16)7-13(21)18-11-5-3-10(17)4-6-11;/h10-11,14H,3-7,17H2,1-2H3,(H,18,21);1H. The highest BCUT2D eigenvalue weighted by Gasteiger charge is 2.22. The second-order valence-electron chi connectivity index (χ2n) is 5.73. The van der Waals surface area contributed by atoms with Crippen molar-refractivity contribution in [3.8, 4) is 0 Å². The zero-order chi connectivity index (χ0) is 15.6. The van der Waals surface area contributed by atoms with Crippen LogP contribution in [0.4, 0.5) is 8.78 Å². The molecule has 0 spiro atoms. The van der Waals surface area contributed by atoms with Gasteiger partial charge < -0.3 is 11.1 Å². The molecule has 1 aromatic rings. The smallest absolute Gasteiger partial charge is 0.333 e. The molecule has 1 aromatic heterocycles. The van der Waals surface area contributed by atoms with Crippen LogP contribution in [0.15, 0.2) is 0 Å². The van der Waals surface area contributed by atoms with E-state index in [1.807, 2.05) is 0 Å². The fraction of sp³-hybridized carbons (Fsp3) is 0.714. The van der Waals surface area contributed by atoms with Crippen molar-refractivity contribution < 1.29 is 13.6 Å². The monoisotopic (exact) mass is 336 g/mol. The van der Waals surface area contributed by atoms with Crippen LogP contribution >= 0.6 is 12.4 Å². The minimum atomic E-state index is -2.68. The molecule has 22 heavy (non-hydrogen) atoms. The molecular formula is C14H23ClF2N4O. The number of carbonyl (C=O) groups is 1. The number of halogens is 3. The molecule has 8 heteroatoms. The maximum Gasteiger partial charge on any atom is 0.333 e. The molecule has 3 N–H and O–H groups in total. The highest BCUT2D eigenvalue weighted by atomic mass is 35.5. The summed E-state index contributed by atoms with van der Waals surface area (Å²) in [5.41, 5.74) is 7.24. The predicted molar refractivity (Wildman–Crippen MR) is 82.3 cm³/mol. The second-order valence-corrected chi connectivity index (χ2v) is 5.73. The molecule has 0 unspecified atom stereocenters. The van der Waals surface area contributed by atoms with E-state index in [1.165, 1.54) is 0 Å². The van der Waals surface area contributed by atoms with Crippen molar-refractivity contribution in [1.29, 1.82) is 0 Å². The Balaban J connectivity index is 0.00000242. The van der Waals surface area contributed by atoms with Crippen molar-refractivity contribution in [2.45, 2.75) is 64.6 Å². The molecule has 5 nitrogen and oxygen atoms in total. The van der Waals surface area contributed by atoms with Gasteiger partial charge in [0.1, 0.15) is 0 Å². The summed E-state index contributed by atoms with van der Waals surface area (Å²) in [6.45, 7) is 0.531. The maximum absolute atomic E-state index is 12.8. The number of carbonyl (C=O) groups excluding carboxylic acids is 1. The lowest BCUT2D eigenvalue weighted by Gasteiger charge is -2.26. The van der Waals surface area contributed by atoms with Gasteiger partial charge in [-0.1, -0.05) is 0 Å². The summed E-state index contributed by atoms with van der Waals surface area (Å²) in [4.78, 5) is 12.1. The SMILES string of the molecule is Cc1nn(C(F)F)c(C)c1CC(=O)NC1CCC(N)CC1.Cl. The second kappa shape index (κ2) is 7.87. The lowest BCUT2D eigenvalue weighted by molar-refractivity contribution is -0.121. The van der Waals surface area contributed by atoms with Gasteiger partial charge in [0.2, 0.25) is 5.91 Å². The van der Waals surface area contributed by atoms with E-state index < -0.39 is 6.55 Å². The van der Waals surface area contributed by atoms with Crippen LogP contribution in [0, 0.1) is 13.8 Å². The van der Waals surface area contributed by atoms with Gasteiger partial charge in [0, 0.05) is 23.3 Å². The number of alkyl halides is 2. The van der Waals surface area contributed by atoms with Gasteiger partial charge in [-0.3, -0.25) is 4.79 Å². The number of aromatic nitrogens is 2. The van der Waals surface area contributed by atoms with Crippen LogP contribution in [-0.4, -0.2) is 27.8 Å². The Kier molecular flexibility index (Phi) is 6.74. The molecule has 1 saturated carbocycles. The Labute approximate surface area is 135 Å². The Morgan fingerprint density at radius 3 is 2.45 bits per heavy atom. The maximum atomic E-state index is 12.8.